The van der Waals surface area contributed by atoms with E-state index in [1.165, 1.54) is 11.3 Å². The Kier molecular flexibility index (Phi) is 3.95. The lowest BCUT2D eigenvalue weighted by Gasteiger charge is -2.05. The first-order valence-electron chi connectivity index (χ1n) is 8.76. The van der Waals surface area contributed by atoms with Gasteiger partial charge in [0, 0.05) is 47.8 Å². The fraction of sp³-hybridized carbons (Fsp3) is 0.0952. The number of fused-ring (bicyclic) bond motifs is 2. The Labute approximate surface area is 164 Å². The number of carbonyl (C=O) groups excluding carboxylic acids is 1. The maximum atomic E-state index is 12.7. The highest BCUT2D eigenvalue weighted by Gasteiger charge is 2.11. The molecular weight excluding hydrogens is 370 g/mol. The molecule has 136 valence electrons. The van der Waals surface area contributed by atoms with Gasteiger partial charge in [-0.1, -0.05) is 0 Å². The van der Waals surface area contributed by atoms with E-state index in [2.05, 4.69) is 20.1 Å². The summed E-state index contributed by atoms with van der Waals surface area (Å²) in [4.78, 5) is 25.9. The van der Waals surface area contributed by atoms with Crippen LogP contribution in [-0.4, -0.2) is 30.5 Å². The minimum atomic E-state index is 0.0451. The van der Waals surface area contributed by atoms with Crippen molar-refractivity contribution >= 4 is 38.1 Å². The van der Waals surface area contributed by atoms with E-state index in [1.54, 1.807) is 28.8 Å². The van der Waals surface area contributed by atoms with Crippen LogP contribution in [0.3, 0.4) is 0 Å². The average Bonchev–Trinajstić information content (AvgIpc) is 3.35. The first-order valence-corrected chi connectivity index (χ1v) is 9.64. The summed E-state index contributed by atoms with van der Waals surface area (Å²) in [6.45, 7) is 0. The SMILES string of the molecule is Cn1cc(-c2cc3cc(CC(=O)c4ccc5ncsc5c4)ncc3cn2)cn1. The van der Waals surface area contributed by atoms with Crippen LogP contribution in [0.15, 0.2) is 60.6 Å². The summed E-state index contributed by atoms with van der Waals surface area (Å²) in [5.74, 6) is 0.0451. The summed E-state index contributed by atoms with van der Waals surface area (Å²) in [5, 5.41) is 6.14. The molecule has 6 nitrogen and oxygen atoms in total. The third-order valence-electron chi connectivity index (χ3n) is 4.66. The van der Waals surface area contributed by atoms with E-state index >= 15 is 0 Å². The normalized spacial score (nSPS) is 11.3. The second-order valence-electron chi connectivity index (χ2n) is 6.63. The number of aromatic nitrogens is 5. The molecule has 4 aromatic heterocycles. The van der Waals surface area contributed by atoms with Crippen LogP contribution in [0.2, 0.25) is 0 Å². The molecule has 5 aromatic rings. The van der Waals surface area contributed by atoms with Crippen molar-refractivity contribution in [3.05, 3.63) is 71.9 Å². The van der Waals surface area contributed by atoms with Crippen LogP contribution in [0.1, 0.15) is 16.1 Å². The van der Waals surface area contributed by atoms with Gasteiger partial charge in [-0.05, 0) is 35.7 Å². The summed E-state index contributed by atoms with van der Waals surface area (Å²) < 4.78 is 2.77. The van der Waals surface area contributed by atoms with Gasteiger partial charge in [0.15, 0.2) is 5.78 Å². The van der Waals surface area contributed by atoms with Crippen molar-refractivity contribution in [3.8, 4) is 11.3 Å². The highest BCUT2D eigenvalue weighted by molar-refractivity contribution is 7.16. The highest BCUT2D eigenvalue weighted by Crippen LogP contribution is 2.23. The van der Waals surface area contributed by atoms with E-state index in [0.29, 0.717) is 5.56 Å². The number of nitrogens with zero attached hydrogens (tertiary/aromatic N) is 5. The summed E-state index contributed by atoms with van der Waals surface area (Å²) in [6.07, 6.45) is 7.54. The summed E-state index contributed by atoms with van der Waals surface area (Å²) in [6, 6.07) is 9.58. The predicted octanol–water partition coefficient (Wildman–Crippen LogP) is 4.07. The highest BCUT2D eigenvalue weighted by atomic mass is 32.1. The smallest absolute Gasteiger partial charge is 0.168 e. The molecule has 0 radical (unpaired) electrons. The van der Waals surface area contributed by atoms with Crippen LogP contribution in [-0.2, 0) is 13.5 Å². The lowest BCUT2D eigenvalue weighted by molar-refractivity contribution is 0.0992. The molecule has 0 fully saturated rings. The number of hydrogen-bond acceptors (Lipinski definition) is 6. The zero-order valence-electron chi connectivity index (χ0n) is 15.0. The van der Waals surface area contributed by atoms with Crippen molar-refractivity contribution in [2.75, 3.05) is 0 Å². The Morgan fingerprint density at radius 2 is 1.93 bits per heavy atom. The molecule has 0 saturated heterocycles. The number of benzene rings is 1. The molecule has 0 aliphatic rings. The number of ketones is 1. The minimum Gasteiger partial charge on any atom is -0.294 e. The molecular formula is C21H15N5OS. The molecule has 0 N–H and O–H groups in total. The summed E-state index contributed by atoms with van der Waals surface area (Å²) >= 11 is 1.54. The number of pyridine rings is 2. The van der Waals surface area contributed by atoms with Gasteiger partial charge < -0.3 is 0 Å². The van der Waals surface area contributed by atoms with Crippen LogP contribution < -0.4 is 0 Å². The van der Waals surface area contributed by atoms with Crippen molar-refractivity contribution in [2.45, 2.75) is 6.42 Å². The van der Waals surface area contributed by atoms with E-state index in [-0.39, 0.29) is 12.2 Å². The maximum Gasteiger partial charge on any atom is 0.168 e. The van der Waals surface area contributed by atoms with Crippen LogP contribution in [0.25, 0.3) is 32.2 Å². The van der Waals surface area contributed by atoms with Gasteiger partial charge >= 0.3 is 0 Å². The molecule has 0 bridgehead atoms. The number of thiazole rings is 1. The van der Waals surface area contributed by atoms with Gasteiger partial charge in [-0.2, -0.15) is 5.10 Å². The average molecular weight is 385 g/mol. The number of rotatable bonds is 4. The Balaban J connectivity index is 1.45. The van der Waals surface area contributed by atoms with Gasteiger partial charge in [-0.15, -0.1) is 11.3 Å². The number of Topliss-reactive ketones (excluding diaryl/α,β-unsaturated/α-hetero) is 1. The number of carbonyl (C=O) groups is 1. The third kappa shape index (κ3) is 3.05. The number of hydrogen-bond donors (Lipinski definition) is 0. The van der Waals surface area contributed by atoms with Crippen molar-refractivity contribution in [3.63, 3.8) is 0 Å². The molecule has 1 aromatic carbocycles. The molecule has 4 heterocycles. The fourth-order valence-corrected chi connectivity index (χ4v) is 3.90. The minimum absolute atomic E-state index is 0.0451. The monoisotopic (exact) mass is 385 g/mol. The third-order valence-corrected chi connectivity index (χ3v) is 5.45. The van der Waals surface area contributed by atoms with Gasteiger partial charge in [-0.25, -0.2) is 4.98 Å². The molecule has 28 heavy (non-hydrogen) atoms. The Morgan fingerprint density at radius 3 is 2.79 bits per heavy atom. The van der Waals surface area contributed by atoms with Crippen LogP contribution in [0, 0.1) is 0 Å². The lowest BCUT2D eigenvalue weighted by atomic mass is 10.0. The molecule has 0 unspecified atom stereocenters. The maximum absolute atomic E-state index is 12.7. The van der Waals surface area contributed by atoms with Crippen molar-refractivity contribution in [1.29, 1.82) is 0 Å². The van der Waals surface area contributed by atoms with Gasteiger partial charge in [0.05, 0.1) is 34.0 Å². The standard InChI is InChI=1S/C21H15N5OS/c1-26-11-16(10-25-26)19-5-14-4-17(22-8-15(14)9-23-19)7-20(27)13-2-3-18-21(6-13)28-12-24-18/h2-6,8-12H,7H2,1H3. The second kappa shape index (κ2) is 6.61. The van der Waals surface area contributed by atoms with Gasteiger partial charge in [0.2, 0.25) is 0 Å². The van der Waals surface area contributed by atoms with E-state index in [4.69, 9.17) is 0 Å². The zero-order chi connectivity index (χ0) is 19.1. The van der Waals surface area contributed by atoms with Crippen molar-refractivity contribution in [1.82, 2.24) is 24.7 Å². The summed E-state index contributed by atoms with van der Waals surface area (Å²) in [7, 11) is 1.88. The molecule has 5 rings (SSSR count). The van der Waals surface area contributed by atoms with Crippen LogP contribution in [0.5, 0.6) is 0 Å². The lowest BCUT2D eigenvalue weighted by Crippen LogP contribution is -2.05. The molecule has 0 atom stereocenters. The van der Waals surface area contributed by atoms with E-state index < -0.39 is 0 Å². The molecule has 0 aliphatic carbocycles. The Hall–Kier alpha value is -3.45. The van der Waals surface area contributed by atoms with Crippen LogP contribution in [0.4, 0.5) is 0 Å². The predicted molar refractivity (Wildman–Crippen MR) is 109 cm³/mol. The topological polar surface area (TPSA) is 73.6 Å². The zero-order valence-corrected chi connectivity index (χ0v) is 15.8. The Morgan fingerprint density at radius 1 is 1.04 bits per heavy atom. The fourth-order valence-electron chi connectivity index (χ4n) is 3.19. The van der Waals surface area contributed by atoms with Crippen molar-refractivity contribution in [2.24, 2.45) is 7.05 Å². The first kappa shape index (κ1) is 16.7. The van der Waals surface area contributed by atoms with Gasteiger partial charge in [-0.3, -0.25) is 19.4 Å². The molecule has 7 heteroatoms. The molecule has 0 aliphatic heterocycles. The molecule has 0 amide bonds. The van der Waals surface area contributed by atoms with E-state index in [0.717, 1.165) is 37.9 Å². The Bertz CT molecular complexity index is 1340. The van der Waals surface area contributed by atoms with Crippen molar-refractivity contribution < 1.29 is 4.79 Å². The van der Waals surface area contributed by atoms with Gasteiger partial charge in [0.25, 0.3) is 0 Å². The van der Waals surface area contributed by atoms with Crippen LogP contribution >= 0.6 is 11.3 Å². The second-order valence-corrected chi connectivity index (χ2v) is 7.52. The van der Waals surface area contributed by atoms with E-state index in [1.807, 2.05) is 43.6 Å². The first-order chi connectivity index (χ1) is 13.7. The molecule has 0 saturated carbocycles. The quantitative estimate of drug-likeness (QED) is 0.436. The van der Waals surface area contributed by atoms with Gasteiger partial charge in [0.1, 0.15) is 0 Å². The number of aryl methyl sites for hydroxylation is 1. The largest absolute Gasteiger partial charge is 0.294 e. The summed E-state index contributed by atoms with van der Waals surface area (Å²) in [5.41, 5.74) is 5.93. The molecule has 0 spiro atoms. The van der Waals surface area contributed by atoms with E-state index in [9.17, 15) is 4.79 Å².